The summed E-state index contributed by atoms with van der Waals surface area (Å²) in [5.41, 5.74) is 7.73. The van der Waals surface area contributed by atoms with Crippen molar-refractivity contribution >= 4 is 34.7 Å². The third-order valence-corrected chi connectivity index (χ3v) is 9.47. The molecule has 6 rings (SSSR count). The van der Waals surface area contributed by atoms with E-state index in [2.05, 4.69) is 15.2 Å². The van der Waals surface area contributed by atoms with Crippen LogP contribution in [0.4, 0.5) is 22.2 Å². The average Bonchev–Trinajstić information content (AvgIpc) is 3.75. The van der Waals surface area contributed by atoms with Crippen LogP contribution in [0, 0.1) is 10.1 Å². The standard InChI is InChI=1S/C31H43N9O6/c1-44-25-15-19(24(40(42)43)16-26(25)45-2)17-46-31(41)38-13-11-22(12-14-38)34-28-27-29(39(18-33-27)23-5-3-4-6-23)37-30(36-28)35-21-9-7-20(32)8-10-21/h15-16,18,20-23H,3-14,17,32H2,1-2H3,(H2,34,35,36,37)/t20-,21-. The molecule has 1 saturated heterocycles. The lowest BCUT2D eigenvalue weighted by molar-refractivity contribution is -0.385. The fourth-order valence-electron chi connectivity index (χ4n) is 6.80. The minimum Gasteiger partial charge on any atom is -0.493 e. The molecule has 0 radical (unpaired) electrons. The van der Waals surface area contributed by atoms with Crippen molar-refractivity contribution in [2.75, 3.05) is 37.9 Å². The SMILES string of the molecule is COc1cc(COC(=O)N2CCC(Nc3nc(N[C@H]4CC[C@H](N)CC4)nc4c3ncn4C3CCCC3)CC2)c([N+](=O)[O-])cc1OC. The maximum atomic E-state index is 13.0. The van der Waals surface area contributed by atoms with E-state index in [1.54, 1.807) is 4.90 Å². The molecule has 0 bridgehead atoms. The van der Waals surface area contributed by atoms with Crippen LogP contribution >= 0.6 is 0 Å². The van der Waals surface area contributed by atoms with Crippen LogP contribution in [-0.2, 0) is 11.3 Å². The lowest BCUT2D eigenvalue weighted by Gasteiger charge is -2.32. The van der Waals surface area contributed by atoms with Gasteiger partial charge in [0.25, 0.3) is 5.69 Å². The summed E-state index contributed by atoms with van der Waals surface area (Å²) in [4.78, 5) is 40.3. The Hall–Kier alpha value is -4.40. The number of aromatic nitrogens is 4. The van der Waals surface area contributed by atoms with Crippen molar-refractivity contribution < 1.29 is 23.9 Å². The molecule has 3 aliphatic rings. The number of likely N-dealkylation sites (tertiary alicyclic amines) is 1. The number of anilines is 2. The van der Waals surface area contributed by atoms with Crippen molar-refractivity contribution in [3.05, 3.63) is 34.1 Å². The van der Waals surface area contributed by atoms with Gasteiger partial charge in [-0.2, -0.15) is 9.97 Å². The van der Waals surface area contributed by atoms with E-state index in [9.17, 15) is 14.9 Å². The van der Waals surface area contributed by atoms with E-state index in [4.69, 9.17) is 34.9 Å². The zero-order valence-electron chi connectivity index (χ0n) is 26.4. The summed E-state index contributed by atoms with van der Waals surface area (Å²) in [7, 11) is 2.84. The number of hydrogen-bond acceptors (Lipinski definition) is 12. The van der Waals surface area contributed by atoms with E-state index in [0.29, 0.717) is 49.5 Å². The van der Waals surface area contributed by atoms with Crippen molar-refractivity contribution in [2.24, 2.45) is 5.73 Å². The number of imidazole rings is 1. The fraction of sp³-hybridized carbons (Fsp3) is 0.613. The summed E-state index contributed by atoms with van der Waals surface area (Å²) in [6, 6.07) is 3.72. The second-order valence-corrected chi connectivity index (χ2v) is 12.5. The van der Waals surface area contributed by atoms with Crippen LogP contribution in [0.5, 0.6) is 11.5 Å². The number of nitrogens with one attached hydrogen (secondary N) is 2. The first-order valence-corrected chi connectivity index (χ1v) is 16.2. The number of piperidine rings is 1. The molecule has 46 heavy (non-hydrogen) atoms. The number of amides is 1. The molecule has 248 valence electrons. The number of fused-ring (bicyclic) bond motifs is 1. The Bertz CT molecular complexity index is 1540. The summed E-state index contributed by atoms with van der Waals surface area (Å²) in [6.07, 6.45) is 11.3. The summed E-state index contributed by atoms with van der Waals surface area (Å²) in [5, 5.41) is 18.8. The third kappa shape index (κ3) is 6.88. The van der Waals surface area contributed by atoms with Crippen LogP contribution in [0.25, 0.3) is 11.2 Å². The number of hydrogen-bond donors (Lipinski definition) is 3. The topological polar surface area (TPSA) is 185 Å². The van der Waals surface area contributed by atoms with Gasteiger partial charge in [-0.05, 0) is 57.4 Å². The monoisotopic (exact) mass is 637 g/mol. The molecule has 3 fully saturated rings. The molecule has 0 atom stereocenters. The summed E-state index contributed by atoms with van der Waals surface area (Å²) in [5.74, 6) is 1.84. The van der Waals surface area contributed by atoms with Gasteiger partial charge in [0.1, 0.15) is 6.61 Å². The first-order chi connectivity index (χ1) is 22.3. The quantitative estimate of drug-likeness (QED) is 0.205. The van der Waals surface area contributed by atoms with Crippen molar-refractivity contribution in [3.63, 3.8) is 0 Å². The van der Waals surface area contributed by atoms with Gasteiger partial charge in [0.2, 0.25) is 5.95 Å². The zero-order chi connectivity index (χ0) is 32.2. The number of nitro benzene ring substituents is 1. The molecule has 0 unspecified atom stereocenters. The second-order valence-electron chi connectivity index (χ2n) is 12.5. The van der Waals surface area contributed by atoms with Crippen LogP contribution in [0.2, 0.25) is 0 Å². The van der Waals surface area contributed by atoms with Gasteiger partial charge in [0, 0.05) is 37.3 Å². The molecule has 15 heteroatoms. The first-order valence-electron chi connectivity index (χ1n) is 16.2. The molecular formula is C31H43N9O6. The van der Waals surface area contributed by atoms with Crippen LogP contribution in [0.1, 0.15) is 75.8 Å². The number of ether oxygens (including phenoxy) is 3. The highest BCUT2D eigenvalue weighted by atomic mass is 16.6. The number of nitrogens with zero attached hydrogens (tertiary/aromatic N) is 6. The maximum absolute atomic E-state index is 13.0. The first kappa shape index (κ1) is 31.6. The van der Waals surface area contributed by atoms with Gasteiger partial charge in [-0.25, -0.2) is 9.78 Å². The largest absolute Gasteiger partial charge is 0.493 e. The van der Waals surface area contributed by atoms with Crippen LogP contribution in [0.3, 0.4) is 0 Å². The molecule has 3 heterocycles. The number of nitro groups is 1. The molecule has 2 aliphatic carbocycles. The number of nitrogens with two attached hydrogens (primary N) is 1. The summed E-state index contributed by atoms with van der Waals surface area (Å²) >= 11 is 0. The molecule has 2 aromatic heterocycles. The van der Waals surface area contributed by atoms with E-state index in [1.807, 2.05) is 6.33 Å². The van der Waals surface area contributed by atoms with E-state index in [-0.39, 0.29) is 41.7 Å². The van der Waals surface area contributed by atoms with Crippen LogP contribution in [-0.4, -0.2) is 80.9 Å². The van der Waals surface area contributed by atoms with E-state index < -0.39 is 11.0 Å². The average molecular weight is 638 g/mol. The Balaban J connectivity index is 1.11. The highest BCUT2D eigenvalue weighted by Crippen LogP contribution is 2.36. The Morgan fingerprint density at radius 3 is 2.33 bits per heavy atom. The maximum Gasteiger partial charge on any atom is 0.410 e. The van der Waals surface area contributed by atoms with Gasteiger partial charge in [-0.15, -0.1) is 0 Å². The van der Waals surface area contributed by atoms with Gasteiger partial charge >= 0.3 is 6.09 Å². The molecule has 1 aliphatic heterocycles. The lowest BCUT2D eigenvalue weighted by atomic mass is 9.92. The van der Waals surface area contributed by atoms with Crippen molar-refractivity contribution in [2.45, 2.75) is 95.0 Å². The summed E-state index contributed by atoms with van der Waals surface area (Å²) < 4.78 is 18.2. The predicted molar refractivity (Wildman–Crippen MR) is 171 cm³/mol. The van der Waals surface area contributed by atoms with Crippen molar-refractivity contribution in [1.29, 1.82) is 0 Å². The number of rotatable bonds is 10. The molecule has 2 saturated carbocycles. The van der Waals surface area contributed by atoms with E-state index >= 15 is 0 Å². The normalized spacial score (nSPS) is 20.9. The number of carbonyl (C=O) groups is 1. The highest BCUT2D eigenvalue weighted by molar-refractivity contribution is 5.84. The number of benzene rings is 1. The molecular weight excluding hydrogens is 594 g/mol. The Morgan fingerprint density at radius 2 is 1.65 bits per heavy atom. The van der Waals surface area contributed by atoms with Gasteiger partial charge < -0.3 is 40.0 Å². The van der Waals surface area contributed by atoms with Gasteiger partial charge in [-0.1, -0.05) is 12.8 Å². The minimum atomic E-state index is -0.533. The lowest BCUT2D eigenvalue weighted by Crippen LogP contribution is -2.42. The Labute approximate surface area is 267 Å². The van der Waals surface area contributed by atoms with E-state index in [0.717, 1.165) is 49.7 Å². The smallest absolute Gasteiger partial charge is 0.410 e. The minimum absolute atomic E-state index is 0.0613. The summed E-state index contributed by atoms with van der Waals surface area (Å²) in [6.45, 7) is 0.657. The molecule has 1 aromatic carbocycles. The zero-order valence-corrected chi connectivity index (χ0v) is 26.4. The number of carbonyl (C=O) groups excluding carboxylic acids is 1. The van der Waals surface area contributed by atoms with E-state index in [1.165, 1.54) is 39.2 Å². The predicted octanol–water partition coefficient (Wildman–Crippen LogP) is 4.76. The molecule has 1 amide bonds. The molecule has 15 nitrogen and oxygen atoms in total. The fourth-order valence-corrected chi connectivity index (χ4v) is 6.80. The third-order valence-electron chi connectivity index (χ3n) is 9.47. The Morgan fingerprint density at radius 1 is 0.978 bits per heavy atom. The van der Waals surface area contributed by atoms with Gasteiger partial charge in [0.15, 0.2) is 28.5 Å². The number of methoxy groups -OCH3 is 2. The Kier molecular flexibility index (Phi) is 9.56. The van der Waals surface area contributed by atoms with Gasteiger partial charge in [-0.3, -0.25) is 10.1 Å². The molecule has 0 spiro atoms. The van der Waals surface area contributed by atoms with Crippen molar-refractivity contribution in [3.8, 4) is 11.5 Å². The highest BCUT2D eigenvalue weighted by Gasteiger charge is 2.28. The molecule has 3 aromatic rings. The van der Waals surface area contributed by atoms with Crippen molar-refractivity contribution in [1.82, 2.24) is 24.4 Å². The van der Waals surface area contributed by atoms with Crippen LogP contribution < -0.4 is 25.8 Å². The van der Waals surface area contributed by atoms with Gasteiger partial charge in [0.05, 0.1) is 37.1 Å². The second kappa shape index (κ2) is 13.9. The van der Waals surface area contributed by atoms with Crippen LogP contribution in [0.15, 0.2) is 18.5 Å². The molecule has 4 N–H and O–H groups in total.